The van der Waals surface area contributed by atoms with Crippen LogP contribution in [-0.2, 0) is 28.7 Å². The smallest absolute Gasteiger partial charge is 0.312 e. The van der Waals surface area contributed by atoms with E-state index in [-0.39, 0.29) is 48.9 Å². The summed E-state index contributed by atoms with van der Waals surface area (Å²) in [5.41, 5.74) is -1.22. The minimum atomic E-state index is -1.22. The highest BCUT2D eigenvalue weighted by molar-refractivity contribution is 9.09. The van der Waals surface area contributed by atoms with Crippen LogP contribution in [0.5, 0.6) is 0 Å². The molecule has 3 amide bonds. The molecule has 3 aliphatic heterocycles. The number of hydrogen-bond donors (Lipinski definition) is 2. The Morgan fingerprint density at radius 3 is 2.62 bits per heavy atom. The van der Waals surface area contributed by atoms with E-state index in [0.717, 1.165) is 0 Å². The molecule has 1 spiro atoms. The van der Waals surface area contributed by atoms with Gasteiger partial charge in [0.05, 0.1) is 31.1 Å². The molecule has 3 heterocycles. The Kier molecular flexibility index (Phi) is 9.57. The fourth-order valence-electron chi connectivity index (χ4n) is 5.78. The van der Waals surface area contributed by atoms with Gasteiger partial charge in [-0.2, -0.15) is 0 Å². The Morgan fingerprint density at radius 1 is 1.32 bits per heavy atom. The van der Waals surface area contributed by atoms with Gasteiger partial charge in [-0.05, 0) is 33.6 Å². The number of carbonyl (C=O) groups is 4. The summed E-state index contributed by atoms with van der Waals surface area (Å²) in [7, 11) is 0. The molecule has 37 heavy (non-hydrogen) atoms. The van der Waals surface area contributed by atoms with Crippen molar-refractivity contribution in [1.82, 2.24) is 15.1 Å². The third kappa shape index (κ3) is 5.49. The molecule has 3 saturated heterocycles. The van der Waals surface area contributed by atoms with E-state index in [0.29, 0.717) is 19.3 Å². The van der Waals surface area contributed by atoms with Gasteiger partial charge in [-0.15, -0.1) is 13.2 Å². The lowest BCUT2D eigenvalue weighted by molar-refractivity contribution is -0.159. The number of nitrogens with one attached hydrogen (secondary N) is 1. The lowest BCUT2D eigenvalue weighted by atomic mass is 9.70. The summed E-state index contributed by atoms with van der Waals surface area (Å²) in [6.45, 7) is 12.8. The molecule has 3 fully saturated rings. The molecular weight excluding hydrogens is 546 g/mol. The quantitative estimate of drug-likeness (QED) is 0.189. The van der Waals surface area contributed by atoms with Crippen molar-refractivity contribution in [1.29, 1.82) is 0 Å². The van der Waals surface area contributed by atoms with Crippen molar-refractivity contribution in [2.24, 2.45) is 11.8 Å². The molecule has 2 bridgehead atoms. The summed E-state index contributed by atoms with van der Waals surface area (Å²) in [5, 5.41) is 12.4. The first-order valence-corrected chi connectivity index (χ1v) is 13.7. The molecule has 11 heteroatoms. The zero-order chi connectivity index (χ0) is 27.5. The fourth-order valence-corrected chi connectivity index (χ4v) is 6.72. The van der Waals surface area contributed by atoms with E-state index in [1.165, 1.54) is 4.90 Å². The number of alkyl halides is 1. The number of carbonyl (C=O) groups excluding carboxylic acids is 4. The van der Waals surface area contributed by atoms with Gasteiger partial charge in [-0.1, -0.05) is 28.1 Å². The van der Waals surface area contributed by atoms with E-state index in [1.54, 1.807) is 24.0 Å². The van der Waals surface area contributed by atoms with Crippen molar-refractivity contribution in [2.75, 3.05) is 26.2 Å². The second kappa shape index (κ2) is 12.1. The van der Waals surface area contributed by atoms with E-state index in [2.05, 4.69) is 34.4 Å². The van der Waals surface area contributed by atoms with Gasteiger partial charge in [0.2, 0.25) is 17.7 Å². The number of aliphatic hydroxyl groups is 1. The van der Waals surface area contributed by atoms with E-state index in [1.807, 2.05) is 13.8 Å². The van der Waals surface area contributed by atoms with Gasteiger partial charge >= 0.3 is 5.97 Å². The molecule has 0 radical (unpaired) electrons. The summed E-state index contributed by atoms with van der Waals surface area (Å²) in [5.74, 6) is -3.31. The highest BCUT2D eigenvalue weighted by Crippen LogP contribution is 2.60. The minimum Gasteiger partial charge on any atom is -0.460 e. The number of esters is 1. The molecule has 0 saturated carbocycles. The SMILES string of the molecule is C=CCCC(=O)NC[C@H](C)OC(=O)[C@@H]1[C@H]2O[C@@]3(CC2Br)[C@H](C(=O)N(CC=C)C(C)C)N(CCO)C(=O)[C@@H]13. The summed E-state index contributed by atoms with van der Waals surface area (Å²) < 4.78 is 12.1. The van der Waals surface area contributed by atoms with Crippen LogP contribution < -0.4 is 5.32 Å². The molecule has 3 aliphatic rings. The Balaban J connectivity index is 1.85. The number of hydrogen-bond acceptors (Lipinski definition) is 7. The number of rotatable bonds is 13. The number of ether oxygens (including phenoxy) is 2. The molecule has 0 aromatic heterocycles. The Bertz CT molecular complexity index is 928. The highest BCUT2D eigenvalue weighted by atomic mass is 79.9. The van der Waals surface area contributed by atoms with Crippen molar-refractivity contribution in [2.45, 2.75) is 74.8 Å². The number of nitrogens with zero attached hydrogens (tertiary/aromatic N) is 2. The van der Waals surface area contributed by atoms with Crippen LogP contribution in [-0.4, -0.2) is 99.6 Å². The van der Waals surface area contributed by atoms with Crippen LogP contribution >= 0.6 is 15.9 Å². The zero-order valence-corrected chi connectivity index (χ0v) is 23.3. The molecule has 7 atom stereocenters. The third-order valence-electron chi connectivity index (χ3n) is 7.35. The van der Waals surface area contributed by atoms with Gasteiger partial charge < -0.3 is 29.7 Å². The predicted octanol–water partition coefficient (Wildman–Crippen LogP) is 1.16. The van der Waals surface area contributed by atoms with E-state index < -0.39 is 47.6 Å². The Labute approximate surface area is 226 Å². The van der Waals surface area contributed by atoms with Gasteiger partial charge in [0.15, 0.2) is 0 Å². The van der Waals surface area contributed by atoms with Crippen LogP contribution in [0.4, 0.5) is 0 Å². The first-order chi connectivity index (χ1) is 17.5. The van der Waals surface area contributed by atoms with Crippen LogP contribution in [0.25, 0.3) is 0 Å². The molecule has 206 valence electrons. The normalized spacial score (nSPS) is 30.7. The van der Waals surface area contributed by atoms with Crippen molar-refractivity contribution < 1.29 is 33.8 Å². The first-order valence-electron chi connectivity index (χ1n) is 12.8. The van der Waals surface area contributed by atoms with Gasteiger partial charge in [0.25, 0.3) is 0 Å². The van der Waals surface area contributed by atoms with Gasteiger partial charge in [-0.25, -0.2) is 0 Å². The third-order valence-corrected chi connectivity index (χ3v) is 8.19. The Hall–Kier alpha value is -2.24. The Morgan fingerprint density at radius 2 is 2.03 bits per heavy atom. The topological polar surface area (TPSA) is 125 Å². The molecule has 0 aromatic carbocycles. The standard InChI is InChI=1S/C26H38BrN3O7/c1-6-8-9-18(32)28-14-16(5)36-25(35)19-20-23(33)30(11-12-31)22(24(34)29(10-7-2)15(3)4)26(20)13-17(27)21(19)37-26/h6-7,15-17,19-22,31H,1-2,8-14H2,3-5H3,(H,28,32)/t16-,17?,19-,20+,21-,22-,26+/m0/s1. The van der Waals surface area contributed by atoms with Crippen molar-refractivity contribution in [3.8, 4) is 0 Å². The second-order valence-corrected chi connectivity index (χ2v) is 11.3. The number of amides is 3. The van der Waals surface area contributed by atoms with E-state index in [4.69, 9.17) is 9.47 Å². The molecule has 2 N–H and O–H groups in total. The summed E-state index contributed by atoms with van der Waals surface area (Å²) in [4.78, 5) is 55.6. The first kappa shape index (κ1) is 29.3. The van der Waals surface area contributed by atoms with Gasteiger partial charge in [-0.3, -0.25) is 19.2 Å². The number of likely N-dealkylation sites (tertiary alicyclic amines) is 1. The number of allylic oxidation sites excluding steroid dienone is 1. The van der Waals surface area contributed by atoms with Gasteiger partial charge in [0.1, 0.15) is 17.7 Å². The maximum atomic E-state index is 13.9. The largest absolute Gasteiger partial charge is 0.460 e. The molecular formula is C26H38BrN3O7. The monoisotopic (exact) mass is 583 g/mol. The van der Waals surface area contributed by atoms with E-state index >= 15 is 0 Å². The van der Waals surface area contributed by atoms with E-state index in [9.17, 15) is 24.3 Å². The maximum Gasteiger partial charge on any atom is 0.312 e. The van der Waals surface area contributed by atoms with Crippen LogP contribution in [0, 0.1) is 11.8 Å². The molecule has 3 rings (SSSR count). The summed E-state index contributed by atoms with van der Waals surface area (Å²) >= 11 is 3.61. The zero-order valence-electron chi connectivity index (χ0n) is 21.7. The van der Waals surface area contributed by atoms with Crippen LogP contribution in [0.1, 0.15) is 40.0 Å². The molecule has 10 nitrogen and oxygen atoms in total. The van der Waals surface area contributed by atoms with Crippen LogP contribution in [0.3, 0.4) is 0 Å². The fraction of sp³-hybridized carbons (Fsp3) is 0.692. The lowest BCUT2D eigenvalue weighted by Crippen LogP contribution is -2.58. The summed E-state index contributed by atoms with van der Waals surface area (Å²) in [6.07, 6.45) is 3.21. The number of aliphatic hydroxyl groups excluding tert-OH is 1. The van der Waals surface area contributed by atoms with Crippen molar-refractivity contribution >= 4 is 39.6 Å². The number of fused-ring (bicyclic) bond motifs is 1. The average molecular weight is 585 g/mol. The van der Waals surface area contributed by atoms with Crippen LogP contribution in [0.2, 0.25) is 0 Å². The van der Waals surface area contributed by atoms with Crippen molar-refractivity contribution in [3.63, 3.8) is 0 Å². The van der Waals surface area contributed by atoms with Gasteiger partial charge in [0, 0.05) is 30.4 Å². The van der Waals surface area contributed by atoms with Crippen molar-refractivity contribution in [3.05, 3.63) is 25.3 Å². The molecule has 0 aliphatic carbocycles. The number of β-amino-alcohol motifs (C(OH)–C–C–N with tert-alkyl or cyclic N) is 1. The lowest BCUT2D eigenvalue weighted by Gasteiger charge is -2.38. The molecule has 0 aromatic rings. The average Bonchev–Trinajstić information content (AvgIpc) is 3.43. The highest BCUT2D eigenvalue weighted by Gasteiger charge is 2.77. The maximum absolute atomic E-state index is 13.9. The predicted molar refractivity (Wildman–Crippen MR) is 140 cm³/mol. The summed E-state index contributed by atoms with van der Waals surface area (Å²) in [6, 6.07) is -1.14. The molecule has 1 unspecified atom stereocenters. The minimum absolute atomic E-state index is 0.0522. The van der Waals surface area contributed by atoms with Crippen LogP contribution in [0.15, 0.2) is 25.3 Å². The number of halogens is 1. The second-order valence-electron chi connectivity index (χ2n) is 10.2.